The minimum absolute atomic E-state index is 0.190. The molecular weight excluding hydrogens is 388 g/mol. The Hall–Kier alpha value is -4.52. The van der Waals surface area contributed by atoms with Gasteiger partial charge in [0.2, 0.25) is 5.95 Å². The summed E-state index contributed by atoms with van der Waals surface area (Å²) in [5.41, 5.74) is 4.64. The van der Waals surface area contributed by atoms with E-state index in [4.69, 9.17) is 0 Å². The van der Waals surface area contributed by atoms with Gasteiger partial charge in [-0.25, -0.2) is 9.97 Å². The van der Waals surface area contributed by atoms with Crippen LogP contribution >= 0.6 is 0 Å². The molecule has 0 unspecified atom stereocenters. The number of carbonyl (C=O) groups excluding carboxylic acids is 1. The third kappa shape index (κ3) is 4.11. The largest absolute Gasteiger partial charge is 0.351 e. The molecule has 0 aliphatic carbocycles. The molecule has 0 aliphatic rings. The first kappa shape index (κ1) is 18.5. The summed E-state index contributed by atoms with van der Waals surface area (Å²) in [4.78, 5) is 28.7. The number of nitrogens with zero attached hydrogens (tertiary/aromatic N) is 3. The number of H-pyrrole nitrogens is 1. The predicted octanol–water partition coefficient (Wildman–Crippen LogP) is 5.02. The smallest absolute Gasteiger partial charge is 0.272 e. The third-order valence-electron chi connectivity index (χ3n) is 4.77. The monoisotopic (exact) mass is 406 g/mol. The Morgan fingerprint density at radius 1 is 0.871 bits per heavy atom. The lowest BCUT2D eigenvalue weighted by Gasteiger charge is -2.06. The van der Waals surface area contributed by atoms with Gasteiger partial charge in [0.05, 0.1) is 5.69 Å². The highest BCUT2D eigenvalue weighted by atomic mass is 16.1. The van der Waals surface area contributed by atoms with Gasteiger partial charge in [0.25, 0.3) is 5.91 Å². The Kier molecular flexibility index (Phi) is 4.82. The van der Waals surface area contributed by atoms with Crippen LogP contribution in [0.5, 0.6) is 0 Å². The lowest BCUT2D eigenvalue weighted by atomic mass is 10.2. The Labute approximate surface area is 178 Å². The van der Waals surface area contributed by atoms with Crippen LogP contribution in [-0.2, 0) is 0 Å². The standard InChI is InChI=1S/C24H18N6O/c31-23(27-18-6-2-1-3-7-18)22-14-17-13-19(8-9-20(17)29-22)28-24-26-12-10-21(30-24)16-5-4-11-25-15-16/h1-15,29H,(H,27,31)(H,26,28,30). The number of nitrogens with one attached hydrogen (secondary N) is 3. The van der Waals surface area contributed by atoms with E-state index in [1.165, 1.54) is 0 Å². The molecule has 7 heteroatoms. The molecule has 0 aliphatic heterocycles. The topological polar surface area (TPSA) is 95.6 Å². The van der Waals surface area contributed by atoms with E-state index < -0.39 is 0 Å². The fraction of sp³-hybridized carbons (Fsp3) is 0. The van der Waals surface area contributed by atoms with Crippen LogP contribution in [-0.4, -0.2) is 25.8 Å². The molecule has 0 atom stereocenters. The van der Waals surface area contributed by atoms with Gasteiger partial charge >= 0.3 is 0 Å². The minimum atomic E-state index is -0.190. The van der Waals surface area contributed by atoms with Gasteiger partial charge in [0.1, 0.15) is 5.69 Å². The van der Waals surface area contributed by atoms with E-state index in [-0.39, 0.29) is 5.91 Å². The van der Waals surface area contributed by atoms with Gasteiger partial charge in [0.15, 0.2) is 0 Å². The first-order valence-electron chi connectivity index (χ1n) is 9.74. The molecule has 0 bridgehead atoms. The number of pyridine rings is 1. The van der Waals surface area contributed by atoms with Crippen molar-refractivity contribution in [3.8, 4) is 11.3 Å². The number of para-hydroxylation sites is 1. The van der Waals surface area contributed by atoms with Crippen LogP contribution in [0.15, 0.2) is 91.4 Å². The van der Waals surface area contributed by atoms with Crippen LogP contribution in [0.4, 0.5) is 17.3 Å². The van der Waals surface area contributed by atoms with Gasteiger partial charge < -0.3 is 15.6 Å². The van der Waals surface area contributed by atoms with Crippen LogP contribution in [0.25, 0.3) is 22.2 Å². The molecule has 7 nitrogen and oxygen atoms in total. The van der Waals surface area contributed by atoms with Crippen LogP contribution in [0, 0.1) is 0 Å². The van der Waals surface area contributed by atoms with Gasteiger partial charge in [0, 0.05) is 46.4 Å². The zero-order chi connectivity index (χ0) is 21.0. The molecule has 0 radical (unpaired) electrons. The van der Waals surface area contributed by atoms with Gasteiger partial charge in [-0.1, -0.05) is 18.2 Å². The number of rotatable bonds is 5. The summed E-state index contributed by atoms with van der Waals surface area (Å²) in [6, 6.07) is 22.6. The summed E-state index contributed by atoms with van der Waals surface area (Å²) in [5, 5.41) is 7.02. The minimum Gasteiger partial charge on any atom is -0.351 e. The van der Waals surface area contributed by atoms with Crippen LogP contribution < -0.4 is 10.6 Å². The lowest BCUT2D eigenvalue weighted by molar-refractivity contribution is 0.102. The number of amides is 1. The second-order valence-electron chi connectivity index (χ2n) is 6.94. The van der Waals surface area contributed by atoms with Crippen molar-refractivity contribution in [3.05, 3.63) is 97.1 Å². The first-order chi connectivity index (χ1) is 15.2. The molecule has 5 aromatic rings. The van der Waals surface area contributed by atoms with Crippen molar-refractivity contribution in [2.24, 2.45) is 0 Å². The highest BCUT2D eigenvalue weighted by molar-refractivity contribution is 6.06. The number of hydrogen-bond donors (Lipinski definition) is 3. The molecule has 3 N–H and O–H groups in total. The van der Waals surface area contributed by atoms with Crippen molar-refractivity contribution in [3.63, 3.8) is 0 Å². The van der Waals surface area contributed by atoms with Crippen molar-refractivity contribution in [2.75, 3.05) is 10.6 Å². The SMILES string of the molecule is O=C(Nc1ccccc1)c1cc2cc(Nc3nccc(-c4cccnc4)n3)ccc2[nH]1. The molecule has 2 aromatic carbocycles. The Balaban J connectivity index is 1.36. The van der Waals surface area contributed by atoms with E-state index in [2.05, 4.69) is 30.6 Å². The Morgan fingerprint density at radius 2 is 1.77 bits per heavy atom. The Bertz CT molecular complexity index is 1350. The summed E-state index contributed by atoms with van der Waals surface area (Å²) in [5.74, 6) is 0.294. The van der Waals surface area contributed by atoms with E-state index in [9.17, 15) is 4.79 Å². The zero-order valence-corrected chi connectivity index (χ0v) is 16.4. The molecule has 5 rings (SSSR count). The van der Waals surface area contributed by atoms with Crippen molar-refractivity contribution >= 4 is 34.1 Å². The van der Waals surface area contributed by atoms with E-state index in [0.29, 0.717) is 11.6 Å². The van der Waals surface area contributed by atoms with E-state index in [1.54, 1.807) is 18.6 Å². The number of hydrogen-bond acceptors (Lipinski definition) is 5. The van der Waals surface area contributed by atoms with E-state index >= 15 is 0 Å². The van der Waals surface area contributed by atoms with Crippen molar-refractivity contribution < 1.29 is 4.79 Å². The first-order valence-corrected chi connectivity index (χ1v) is 9.74. The van der Waals surface area contributed by atoms with Crippen LogP contribution in [0.3, 0.4) is 0 Å². The average molecular weight is 406 g/mol. The number of benzene rings is 2. The van der Waals surface area contributed by atoms with E-state index in [0.717, 1.165) is 33.5 Å². The van der Waals surface area contributed by atoms with E-state index in [1.807, 2.05) is 72.8 Å². The summed E-state index contributed by atoms with van der Waals surface area (Å²) in [7, 11) is 0. The second kappa shape index (κ2) is 8.08. The molecule has 1 amide bonds. The number of anilines is 3. The molecule has 3 aromatic heterocycles. The average Bonchev–Trinajstić information content (AvgIpc) is 3.24. The maximum atomic E-state index is 12.5. The normalized spacial score (nSPS) is 10.7. The molecule has 0 saturated heterocycles. The summed E-state index contributed by atoms with van der Waals surface area (Å²) < 4.78 is 0. The highest BCUT2D eigenvalue weighted by Crippen LogP contribution is 2.23. The number of carbonyl (C=O) groups is 1. The Morgan fingerprint density at radius 3 is 2.61 bits per heavy atom. The van der Waals surface area contributed by atoms with Gasteiger partial charge in [-0.05, 0) is 54.6 Å². The van der Waals surface area contributed by atoms with Crippen LogP contribution in [0.2, 0.25) is 0 Å². The number of fused-ring (bicyclic) bond motifs is 1. The summed E-state index contributed by atoms with van der Waals surface area (Å²) >= 11 is 0. The molecule has 31 heavy (non-hydrogen) atoms. The van der Waals surface area contributed by atoms with Crippen LogP contribution in [0.1, 0.15) is 10.5 Å². The number of aromatic nitrogens is 4. The fourth-order valence-electron chi connectivity index (χ4n) is 3.28. The third-order valence-corrected chi connectivity index (χ3v) is 4.77. The maximum Gasteiger partial charge on any atom is 0.272 e. The molecular formula is C24H18N6O. The quantitative estimate of drug-likeness (QED) is 0.381. The highest BCUT2D eigenvalue weighted by Gasteiger charge is 2.11. The molecule has 0 spiro atoms. The summed E-state index contributed by atoms with van der Waals surface area (Å²) in [6.45, 7) is 0. The second-order valence-corrected chi connectivity index (χ2v) is 6.94. The van der Waals surface area contributed by atoms with Gasteiger partial charge in [-0.2, -0.15) is 0 Å². The number of aromatic amines is 1. The fourth-order valence-corrected chi connectivity index (χ4v) is 3.28. The van der Waals surface area contributed by atoms with Crippen molar-refractivity contribution in [2.45, 2.75) is 0 Å². The molecule has 0 saturated carbocycles. The zero-order valence-electron chi connectivity index (χ0n) is 16.4. The molecule has 150 valence electrons. The van der Waals surface area contributed by atoms with Crippen molar-refractivity contribution in [1.29, 1.82) is 0 Å². The lowest BCUT2D eigenvalue weighted by Crippen LogP contribution is -2.11. The maximum absolute atomic E-state index is 12.5. The summed E-state index contributed by atoms with van der Waals surface area (Å²) in [6.07, 6.45) is 5.20. The predicted molar refractivity (Wildman–Crippen MR) is 121 cm³/mol. The van der Waals surface area contributed by atoms with Gasteiger partial charge in [-0.3, -0.25) is 9.78 Å². The molecule has 3 heterocycles. The molecule has 0 fully saturated rings. The van der Waals surface area contributed by atoms with Crippen molar-refractivity contribution in [1.82, 2.24) is 19.9 Å². The van der Waals surface area contributed by atoms with Gasteiger partial charge in [-0.15, -0.1) is 0 Å².